The van der Waals surface area contributed by atoms with Crippen molar-refractivity contribution in [3.63, 3.8) is 0 Å². The summed E-state index contributed by atoms with van der Waals surface area (Å²) >= 11 is 1.82. The molecule has 0 saturated carbocycles. The fraction of sp³-hybridized carbons (Fsp3) is 0.800. The molecular weight excluding hydrogens is 270 g/mol. The van der Waals surface area contributed by atoms with Crippen molar-refractivity contribution in [2.45, 2.75) is 50.7 Å². The molecule has 1 N–H and O–H groups in total. The molecule has 2 fully saturated rings. The molecule has 0 aromatic carbocycles. The molecule has 20 heavy (non-hydrogen) atoms. The van der Waals surface area contributed by atoms with Gasteiger partial charge in [0.15, 0.2) is 5.13 Å². The zero-order chi connectivity index (χ0) is 13.5. The Bertz CT molecular complexity index is 489. The fourth-order valence-corrected chi connectivity index (χ4v) is 5.04. The van der Waals surface area contributed by atoms with Crippen molar-refractivity contribution >= 4 is 16.5 Å². The van der Waals surface area contributed by atoms with Crippen LogP contribution in [-0.4, -0.2) is 47.2 Å². The lowest BCUT2D eigenvalue weighted by molar-refractivity contribution is 0.133. The molecular formula is C15H23N3OS. The van der Waals surface area contributed by atoms with E-state index in [0.29, 0.717) is 0 Å². The highest BCUT2D eigenvalue weighted by Crippen LogP contribution is 2.37. The number of aryl methyl sites for hydroxylation is 1. The predicted molar refractivity (Wildman–Crippen MR) is 81.4 cm³/mol. The van der Waals surface area contributed by atoms with Gasteiger partial charge in [-0.15, -0.1) is 11.3 Å². The number of anilines is 1. The number of hydrogen-bond donors (Lipinski definition) is 1. The van der Waals surface area contributed by atoms with E-state index < -0.39 is 0 Å². The second-order valence-corrected chi connectivity index (χ2v) is 7.41. The number of piperazine rings is 1. The van der Waals surface area contributed by atoms with Gasteiger partial charge in [-0.1, -0.05) is 6.42 Å². The van der Waals surface area contributed by atoms with E-state index in [1.54, 1.807) is 0 Å². The van der Waals surface area contributed by atoms with E-state index in [2.05, 4.69) is 9.80 Å². The minimum absolute atomic E-state index is 0.320. The van der Waals surface area contributed by atoms with E-state index in [-0.39, 0.29) is 6.10 Å². The third kappa shape index (κ3) is 2.26. The van der Waals surface area contributed by atoms with E-state index in [4.69, 9.17) is 4.98 Å². The maximum absolute atomic E-state index is 10.1. The number of aliphatic hydroxyl groups is 1. The van der Waals surface area contributed by atoms with Gasteiger partial charge in [-0.05, 0) is 38.6 Å². The average molecular weight is 293 g/mol. The SMILES string of the molecule is OC1CCCc2sc(N3CCN4CCCCC4C3)nc21. The lowest BCUT2D eigenvalue weighted by atomic mass is 10.00. The van der Waals surface area contributed by atoms with Crippen molar-refractivity contribution in [2.24, 2.45) is 0 Å². The number of nitrogens with zero attached hydrogens (tertiary/aromatic N) is 3. The van der Waals surface area contributed by atoms with Crippen LogP contribution in [0.4, 0.5) is 5.13 Å². The summed E-state index contributed by atoms with van der Waals surface area (Å²) < 4.78 is 0. The van der Waals surface area contributed by atoms with Crippen LogP contribution in [0.15, 0.2) is 0 Å². The van der Waals surface area contributed by atoms with Crippen molar-refractivity contribution < 1.29 is 5.11 Å². The molecule has 2 aliphatic heterocycles. The molecule has 2 saturated heterocycles. The maximum Gasteiger partial charge on any atom is 0.185 e. The molecule has 0 radical (unpaired) electrons. The lowest BCUT2D eigenvalue weighted by Gasteiger charge is -2.44. The number of aliphatic hydroxyl groups excluding tert-OH is 1. The van der Waals surface area contributed by atoms with Crippen LogP contribution in [0.1, 0.15) is 48.8 Å². The first kappa shape index (κ1) is 13.0. The molecule has 1 aromatic rings. The summed E-state index contributed by atoms with van der Waals surface area (Å²) in [7, 11) is 0. The van der Waals surface area contributed by atoms with Gasteiger partial charge >= 0.3 is 0 Å². The predicted octanol–water partition coefficient (Wildman–Crippen LogP) is 2.19. The Morgan fingerprint density at radius 1 is 1.10 bits per heavy atom. The summed E-state index contributed by atoms with van der Waals surface area (Å²) in [5, 5.41) is 11.2. The van der Waals surface area contributed by atoms with E-state index in [1.807, 2.05) is 11.3 Å². The Balaban J connectivity index is 1.53. The monoisotopic (exact) mass is 293 g/mol. The summed E-state index contributed by atoms with van der Waals surface area (Å²) in [6, 6.07) is 0.725. The highest BCUT2D eigenvalue weighted by Gasteiger charge is 2.31. The summed E-state index contributed by atoms with van der Waals surface area (Å²) in [5.74, 6) is 0. The number of fused-ring (bicyclic) bond motifs is 2. The molecule has 1 aliphatic carbocycles. The maximum atomic E-state index is 10.1. The zero-order valence-electron chi connectivity index (χ0n) is 11.9. The van der Waals surface area contributed by atoms with Gasteiger partial charge < -0.3 is 10.0 Å². The Morgan fingerprint density at radius 3 is 2.95 bits per heavy atom. The standard InChI is InChI=1S/C15H23N3OS/c19-12-5-3-6-13-14(12)16-15(20-13)18-9-8-17-7-2-1-4-11(17)10-18/h11-12,19H,1-10H2. The minimum Gasteiger partial charge on any atom is -0.387 e. The van der Waals surface area contributed by atoms with Gasteiger partial charge in [0.25, 0.3) is 0 Å². The quantitative estimate of drug-likeness (QED) is 0.861. The van der Waals surface area contributed by atoms with Gasteiger partial charge in [0.2, 0.25) is 0 Å². The van der Waals surface area contributed by atoms with E-state index in [9.17, 15) is 5.11 Å². The molecule has 4 nitrogen and oxygen atoms in total. The van der Waals surface area contributed by atoms with Gasteiger partial charge in [0.1, 0.15) is 0 Å². The van der Waals surface area contributed by atoms with E-state index in [0.717, 1.165) is 49.2 Å². The van der Waals surface area contributed by atoms with Gasteiger partial charge in [-0.25, -0.2) is 4.98 Å². The molecule has 0 spiro atoms. The summed E-state index contributed by atoms with van der Waals surface area (Å²) in [6.07, 6.45) is 6.85. The molecule has 3 aliphatic rings. The van der Waals surface area contributed by atoms with Crippen LogP contribution in [0.2, 0.25) is 0 Å². The third-order valence-corrected chi connectivity index (χ3v) is 6.21. The van der Waals surface area contributed by atoms with Gasteiger partial charge in [0, 0.05) is 30.6 Å². The van der Waals surface area contributed by atoms with Gasteiger partial charge in [-0.2, -0.15) is 0 Å². The van der Waals surface area contributed by atoms with Crippen molar-refractivity contribution in [3.8, 4) is 0 Å². The van der Waals surface area contributed by atoms with Gasteiger partial charge in [-0.3, -0.25) is 4.90 Å². The van der Waals surface area contributed by atoms with Crippen LogP contribution in [0.3, 0.4) is 0 Å². The first-order valence-corrected chi connectivity index (χ1v) is 8.79. The van der Waals surface area contributed by atoms with Crippen molar-refractivity contribution in [1.29, 1.82) is 0 Å². The fourth-order valence-electron chi connectivity index (χ4n) is 3.85. The van der Waals surface area contributed by atoms with Crippen molar-refractivity contribution in [3.05, 3.63) is 10.6 Å². The molecule has 3 heterocycles. The highest BCUT2D eigenvalue weighted by molar-refractivity contribution is 7.15. The van der Waals surface area contributed by atoms with Crippen LogP contribution in [0.25, 0.3) is 0 Å². The van der Waals surface area contributed by atoms with E-state index >= 15 is 0 Å². The van der Waals surface area contributed by atoms with Crippen LogP contribution in [-0.2, 0) is 6.42 Å². The summed E-state index contributed by atoms with van der Waals surface area (Å²) in [4.78, 5) is 11.2. The normalized spacial score (nSPS) is 30.9. The molecule has 1 aromatic heterocycles. The molecule has 4 rings (SSSR count). The van der Waals surface area contributed by atoms with E-state index in [1.165, 1.54) is 37.2 Å². The second kappa shape index (κ2) is 5.28. The highest BCUT2D eigenvalue weighted by atomic mass is 32.1. The van der Waals surface area contributed by atoms with Crippen LogP contribution in [0, 0.1) is 0 Å². The Labute approximate surface area is 124 Å². The second-order valence-electron chi connectivity index (χ2n) is 6.34. The Morgan fingerprint density at radius 2 is 2.05 bits per heavy atom. The molecule has 2 atom stereocenters. The zero-order valence-corrected chi connectivity index (χ0v) is 12.7. The van der Waals surface area contributed by atoms with Crippen molar-refractivity contribution in [1.82, 2.24) is 9.88 Å². The molecule has 0 bridgehead atoms. The number of thiazole rings is 1. The largest absolute Gasteiger partial charge is 0.387 e. The first-order valence-electron chi connectivity index (χ1n) is 7.98. The Hall–Kier alpha value is -0.650. The Kier molecular flexibility index (Phi) is 3.44. The number of aromatic nitrogens is 1. The molecule has 110 valence electrons. The third-order valence-electron chi connectivity index (χ3n) is 5.02. The minimum atomic E-state index is -0.320. The average Bonchev–Trinajstić information content (AvgIpc) is 2.92. The van der Waals surface area contributed by atoms with Crippen molar-refractivity contribution in [2.75, 3.05) is 31.1 Å². The van der Waals surface area contributed by atoms with Crippen LogP contribution in [0.5, 0.6) is 0 Å². The van der Waals surface area contributed by atoms with Crippen LogP contribution >= 0.6 is 11.3 Å². The summed E-state index contributed by atoms with van der Waals surface area (Å²) in [5.41, 5.74) is 0.974. The number of piperidine rings is 1. The molecule has 5 heteroatoms. The smallest absolute Gasteiger partial charge is 0.185 e. The molecule has 0 amide bonds. The summed E-state index contributed by atoms with van der Waals surface area (Å²) in [6.45, 7) is 4.69. The lowest BCUT2D eigenvalue weighted by Crippen LogP contribution is -2.54. The van der Waals surface area contributed by atoms with Gasteiger partial charge in [0.05, 0.1) is 11.8 Å². The number of rotatable bonds is 1. The topological polar surface area (TPSA) is 39.6 Å². The molecule has 2 unspecified atom stereocenters. The first-order chi connectivity index (χ1) is 9.81. The number of hydrogen-bond acceptors (Lipinski definition) is 5. The van der Waals surface area contributed by atoms with Crippen LogP contribution < -0.4 is 4.90 Å².